The van der Waals surface area contributed by atoms with Crippen molar-refractivity contribution in [3.05, 3.63) is 104 Å². The van der Waals surface area contributed by atoms with Crippen molar-refractivity contribution in [2.75, 3.05) is 0 Å². The van der Waals surface area contributed by atoms with Crippen LogP contribution in [0.25, 0.3) is 17.0 Å². The van der Waals surface area contributed by atoms with Crippen LogP contribution in [0.2, 0.25) is 0 Å². The lowest BCUT2D eigenvalue weighted by Gasteiger charge is -2.19. The molecule has 0 radical (unpaired) electrons. The summed E-state index contributed by atoms with van der Waals surface area (Å²) in [5, 5.41) is 13.5. The maximum atomic E-state index is 13.3. The van der Waals surface area contributed by atoms with Crippen LogP contribution < -0.4 is 5.56 Å². The Morgan fingerprint density at radius 3 is 2.57 bits per heavy atom. The third-order valence-electron chi connectivity index (χ3n) is 4.64. The molecule has 0 saturated carbocycles. The van der Waals surface area contributed by atoms with E-state index in [1.165, 1.54) is 23.9 Å². The summed E-state index contributed by atoms with van der Waals surface area (Å²) >= 11 is 1.25. The summed E-state index contributed by atoms with van der Waals surface area (Å²) in [7, 11) is 0. The summed E-state index contributed by atoms with van der Waals surface area (Å²) in [4.78, 5) is 28.1. The van der Waals surface area contributed by atoms with Crippen LogP contribution >= 0.6 is 11.8 Å². The van der Waals surface area contributed by atoms with Gasteiger partial charge in [-0.05, 0) is 42.2 Å². The maximum absolute atomic E-state index is 13.3. The molecular weight excluding hydrogens is 402 g/mol. The third kappa shape index (κ3) is 3.90. The molecule has 0 spiro atoms. The van der Waals surface area contributed by atoms with Crippen molar-refractivity contribution in [3.63, 3.8) is 0 Å². The summed E-state index contributed by atoms with van der Waals surface area (Å²) in [6.45, 7) is 1.96. The quantitative estimate of drug-likeness (QED) is 0.183. The van der Waals surface area contributed by atoms with Crippen molar-refractivity contribution >= 4 is 34.6 Å². The standard InChI is InChI=1S/C22H17N3O4S/c1-15(16-7-3-2-4-8-16)24-21(26)18-9-5-6-10-19(18)23-22(24)30-14-13-17-11-12-20(29-17)25(27)28/h2-15H,1H3/b14-13+. The fraction of sp³-hybridized carbons (Fsp3) is 0.0909. The average molecular weight is 419 g/mol. The van der Waals surface area contributed by atoms with E-state index in [4.69, 9.17) is 4.42 Å². The van der Waals surface area contributed by atoms with Crippen LogP contribution in [0.5, 0.6) is 0 Å². The first-order valence-electron chi connectivity index (χ1n) is 9.18. The first kappa shape index (κ1) is 19.7. The van der Waals surface area contributed by atoms with E-state index in [2.05, 4.69) is 4.98 Å². The number of fused-ring (bicyclic) bond motifs is 1. The molecule has 0 bridgehead atoms. The first-order valence-corrected chi connectivity index (χ1v) is 10.1. The van der Waals surface area contributed by atoms with Crippen LogP contribution in [0.1, 0.15) is 24.3 Å². The zero-order chi connectivity index (χ0) is 21.1. The van der Waals surface area contributed by atoms with Crippen LogP contribution in [0.4, 0.5) is 5.88 Å². The molecule has 1 atom stereocenters. The van der Waals surface area contributed by atoms with Gasteiger partial charge in [0, 0.05) is 0 Å². The number of thioether (sulfide) groups is 1. The van der Waals surface area contributed by atoms with Gasteiger partial charge in [-0.2, -0.15) is 0 Å². The molecule has 0 fully saturated rings. The molecule has 150 valence electrons. The van der Waals surface area contributed by atoms with Gasteiger partial charge in [0.25, 0.3) is 5.56 Å². The van der Waals surface area contributed by atoms with E-state index in [9.17, 15) is 14.9 Å². The van der Waals surface area contributed by atoms with Gasteiger partial charge in [-0.25, -0.2) is 4.98 Å². The molecule has 2 aromatic heterocycles. The molecule has 0 aliphatic carbocycles. The Bertz CT molecular complexity index is 1290. The zero-order valence-electron chi connectivity index (χ0n) is 16.0. The van der Waals surface area contributed by atoms with Crippen LogP contribution in [0.15, 0.2) is 86.5 Å². The molecule has 0 saturated heterocycles. The van der Waals surface area contributed by atoms with Gasteiger partial charge in [-0.3, -0.25) is 19.5 Å². The molecule has 4 aromatic rings. The number of furan rings is 1. The fourth-order valence-corrected chi connectivity index (χ4v) is 3.95. The Balaban J connectivity index is 1.74. The molecule has 0 aliphatic rings. The highest BCUT2D eigenvalue weighted by molar-refractivity contribution is 8.02. The number of benzene rings is 2. The first-order chi connectivity index (χ1) is 14.5. The number of rotatable bonds is 6. The van der Waals surface area contributed by atoms with Gasteiger partial charge in [0.05, 0.1) is 23.0 Å². The second kappa shape index (κ2) is 8.38. The highest BCUT2D eigenvalue weighted by Crippen LogP contribution is 2.26. The summed E-state index contributed by atoms with van der Waals surface area (Å²) in [6, 6.07) is 19.6. The molecule has 0 aliphatic heterocycles. The van der Waals surface area contributed by atoms with Crippen molar-refractivity contribution in [3.8, 4) is 0 Å². The van der Waals surface area contributed by atoms with E-state index >= 15 is 0 Å². The Labute approximate surface area is 175 Å². The molecule has 8 heteroatoms. The second-order valence-corrected chi connectivity index (χ2v) is 7.40. The Morgan fingerprint density at radius 2 is 1.83 bits per heavy atom. The second-order valence-electron chi connectivity index (χ2n) is 6.53. The zero-order valence-corrected chi connectivity index (χ0v) is 16.8. The number of nitrogens with zero attached hydrogens (tertiary/aromatic N) is 3. The smallest absolute Gasteiger partial charge is 0.401 e. The monoisotopic (exact) mass is 419 g/mol. The van der Waals surface area contributed by atoms with Crippen LogP contribution in [0, 0.1) is 10.1 Å². The molecule has 2 aromatic carbocycles. The van der Waals surface area contributed by atoms with E-state index in [-0.39, 0.29) is 17.5 Å². The summed E-state index contributed by atoms with van der Waals surface area (Å²) in [6.07, 6.45) is 1.61. The molecular formula is C22H17N3O4S. The minimum absolute atomic E-state index is 0.124. The highest BCUT2D eigenvalue weighted by Gasteiger charge is 2.17. The van der Waals surface area contributed by atoms with Crippen LogP contribution in [0.3, 0.4) is 0 Å². The van der Waals surface area contributed by atoms with Gasteiger partial charge in [-0.15, -0.1) is 0 Å². The summed E-state index contributed by atoms with van der Waals surface area (Å²) in [5.74, 6) is 0.0260. The predicted molar refractivity (Wildman–Crippen MR) is 117 cm³/mol. The minimum Gasteiger partial charge on any atom is -0.401 e. The van der Waals surface area contributed by atoms with Crippen molar-refractivity contribution in [1.29, 1.82) is 0 Å². The normalized spacial score (nSPS) is 12.4. The average Bonchev–Trinajstić information content (AvgIpc) is 3.24. The summed E-state index contributed by atoms with van der Waals surface area (Å²) in [5.41, 5.74) is 1.48. The van der Waals surface area contributed by atoms with E-state index in [0.717, 1.165) is 5.56 Å². The lowest BCUT2D eigenvalue weighted by molar-refractivity contribution is -0.402. The third-order valence-corrected chi connectivity index (χ3v) is 5.41. The largest absolute Gasteiger partial charge is 0.433 e. The van der Waals surface area contributed by atoms with E-state index in [1.807, 2.05) is 49.4 Å². The number of para-hydroxylation sites is 1. The van der Waals surface area contributed by atoms with Crippen molar-refractivity contribution < 1.29 is 9.34 Å². The number of nitro groups is 1. The lowest BCUT2D eigenvalue weighted by atomic mass is 10.1. The molecule has 2 heterocycles. The number of hydrogen-bond donors (Lipinski definition) is 0. The molecule has 4 rings (SSSR count). The molecule has 30 heavy (non-hydrogen) atoms. The maximum Gasteiger partial charge on any atom is 0.433 e. The van der Waals surface area contributed by atoms with E-state index in [1.54, 1.807) is 28.2 Å². The Hall–Kier alpha value is -3.65. The van der Waals surface area contributed by atoms with Gasteiger partial charge in [0.2, 0.25) is 0 Å². The highest BCUT2D eigenvalue weighted by atomic mass is 32.2. The van der Waals surface area contributed by atoms with E-state index < -0.39 is 4.92 Å². The van der Waals surface area contributed by atoms with Crippen molar-refractivity contribution in [1.82, 2.24) is 9.55 Å². The van der Waals surface area contributed by atoms with Gasteiger partial charge in [0.1, 0.15) is 10.7 Å². The Kier molecular flexibility index (Phi) is 5.49. The SMILES string of the molecule is CC(c1ccccc1)n1c(S/C=C/c2ccc([N+](=O)[O-])o2)nc2ccccc2c1=O. The van der Waals surface area contributed by atoms with Gasteiger partial charge >= 0.3 is 5.88 Å². The summed E-state index contributed by atoms with van der Waals surface area (Å²) < 4.78 is 6.80. The topological polar surface area (TPSA) is 91.2 Å². The van der Waals surface area contributed by atoms with Crippen molar-refractivity contribution in [2.24, 2.45) is 0 Å². The molecule has 0 amide bonds. The Morgan fingerprint density at radius 1 is 1.10 bits per heavy atom. The fourth-order valence-electron chi connectivity index (χ4n) is 3.12. The lowest BCUT2D eigenvalue weighted by Crippen LogP contribution is -2.26. The molecule has 0 N–H and O–H groups in total. The van der Waals surface area contributed by atoms with Crippen LogP contribution in [-0.4, -0.2) is 14.5 Å². The van der Waals surface area contributed by atoms with Crippen LogP contribution in [-0.2, 0) is 0 Å². The number of aromatic nitrogens is 2. The van der Waals surface area contributed by atoms with E-state index in [0.29, 0.717) is 21.8 Å². The number of hydrogen-bond acceptors (Lipinski definition) is 6. The van der Waals surface area contributed by atoms with Gasteiger partial charge in [0.15, 0.2) is 5.16 Å². The minimum atomic E-state index is -0.589. The van der Waals surface area contributed by atoms with Gasteiger partial charge < -0.3 is 4.42 Å². The van der Waals surface area contributed by atoms with Crippen molar-refractivity contribution in [2.45, 2.75) is 18.1 Å². The predicted octanol–water partition coefficient (Wildman–Crippen LogP) is 5.27. The molecule has 7 nitrogen and oxygen atoms in total. The van der Waals surface area contributed by atoms with Gasteiger partial charge in [-0.1, -0.05) is 54.2 Å². The molecule has 1 unspecified atom stereocenters.